The van der Waals surface area contributed by atoms with Gasteiger partial charge in [0, 0.05) is 38.1 Å². The molecule has 0 amide bonds. The van der Waals surface area contributed by atoms with Crippen molar-refractivity contribution in [2.45, 2.75) is 31.6 Å². The van der Waals surface area contributed by atoms with Crippen molar-refractivity contribution in [3.63, 3.8) is 0 Å². The Bertz CT molecular complexity index is 1140. The molecule has 0 saturated heterocycles. The number of fused-ring (bicyclic) bond motifs is 1. The van der Waals surface area contributed by atoms with E-state index >= 15 is 0 Å². The zero-order chi connectivity index (χ0) is 23.2. The Morgan fingerprint density at radius 2 is 1.97 bits per heavy atom. The van der Waals surface area contributed by atoms with Crippen LogP contribution in [-0.4, -0.2) is 76.3 Å². The lowest BCUT2D eigenvalue weighted by Gasteiger charge is -2.21. The third-order valence-corrected chi connectivity index (χ3v) is 5.99. The van der Waals surface area contributed by atoms with Crippen molar-refractivity contribution in [3.05, 3.63) is 23.0 Å². The van der Waals surface area contributed by atoms with E-state index in [0.717, 1.165) is 5.39 Å². The minimum absolute atomic E-state index is 0.162. The summed E-state index contributed by atoms with van der Waals surface area (Å²) in [5.41, 5.74) is 1.65. The molecule has 1 aliphatic rings. The number of hydrogen-bond donors (Lipinski definition) is 4. The number of hydrogen-bond acceptors (Lipinski definition) is 10. The van der Waals surface area contributed by atoms with Crippen LogP contribution in [0.4, 0.5) is 11.8 Å². The molecule has 0 aliphatic heterocycles. The smallest absolute Gasteiger partial charge is 0.228 e. The molecular weight excluding hydrogens is 438 g/mol. The zero-order valence-corrected chi connectivity index (χ0v) is 19.0. The third-order valence-electron chi connectivity index (χ3n) is 5.71. The topological polar surface area (TPSA) is 137 Å². The average Bonchev–Trinajstić information content (AvgIpc) is 3.29. The number of aliphatic hydroxyl groups is 3. The molecule has 10 nitrogen and oxygen atoms in total. The predicted molar refractivity (Wildman–Crippen MR) is 120 cm³/mol. The van der Waals surface area contributed by atoms with Crippen molar-refractivity contribution in [1.29, 1.82) is 0 Å². The molecular formula is C21H26ClN5O5. The van der Waals surface area contributed by atoms with Gasteiger partial charge in [0.05, 0.1) is 30.5 Å². The van der Waals surface area contributed by atoms with E-state index in [4.69, 9.17) is 20.8 Å². The van der Waals surface area contributed by atoms with E-state index in [0.29, 0.717) is 46.7 Å². The largest absolute Gasteiger partial charge is 0.481 e. The maximum absolute atomic E-state index is 10.5. The first kappa shape index (κ1) is 22.5. The summed E-state index contributed by atoms with van der Waals surface area (Å²) in [6, 6.07) is 3.01. The molecule has 3 heterocycles. The Balaban J connectivity index is 1.82. The Hall–Kier alpha value is -2.66. The molecule has 1 saturated carbocycles. The fourth-order valence-corrected chi connectivity index (χ4v) is 4.23. The first-order chi connectivity index (χ1) is 15.2. The van der Waals surface area contributed by atoms with Gasteiger partial charge in [0.2, 0.25) is 11.8 Å². The molecule has 4 N–H and O–H groups in total. The number of aliphatic hydroxyl groups excluding tert-OH is 3. The van der Waals surface area contributed by atoms with Crippen molar-refractivity contribution in [2.24, 2.45) is 5.92 Å². The van der Waals surface area contributed by atoms with Crippen molar-refractivity contribution in [1.82, 2.24) is 15.0 Å². The summed E-state index contributed by atoms with van der Waals surface area (Å²) >= 11 is 6.58. The van der Waals surface area contributed by atoms with Gasteiger partial charge in [-0.3, -0.25) is 0 Å². The Labute approximate surface area is 189 Å². The molecule has 32 heavy (non-hydrogen) atoms. The highest BCUT2D eigenvalue weighted by molar-refractivity contribution is 6.32. The maximum atomic E-state index is 10.5. The fourth-order valence-electron chi connectivity index (χ4n) is 3.97. The van der Waals surface area contributed by atoms with E-state index in [1.165, 1.54) is 0 Å². The van der Waals surface area contributed by atoms with Gasteiger partial charge in [-0.15, -0.1) is 0 Å². The van der Waals surface area contributed by atoms with Crippen LogP contribution in [0.3, 0.4) is 0 Å². The van der Waals surface area contributed by atoms with Gasteiger partial charge in [-0.2, -0.15) is 4.98 Å². The molecule has 3 aromatic rings. The SMILES string of the molecule is COc1cc2cc(-c3c(Cl)nc(N(C)C)nc3NC3CC(CO)C(O)C3O)oc2c(C)n1. The first-order valence-electron chi connectivity index (χ1n) is 10.2. The number of methoxy groups -OCH3 is 1. The number of ether oxygens (including phenoxy) is 1. The molecule has 4 atom stereocenters. The highest BCUT2D eigenvalue weighted by atomic mass is 35.5. The zero-order valence-electron chi connectivity index (χ0n) is 18.2. The van der Waals surface area contributed by atoms with E-state index in [1.54, 1.807) is 38.2 Å². The van der Waals surface area contributed by atoms with Crippen LogP contribution in [0.15, 0.2) is 16.5 Å². The van der Waals surface area contributed by atoms with Crippen LogP contribution in [0, 0.1) is 12.8 Å². The number of rotatable bonds is 6. The molecule has 3 aromatic heterocycles. The van der Waals surface area contributed by atoms with E-state index in [2.05, 4.69) is 20.3 Å². The van der Waals surface area contributed by atoms with Gasteiger partial charge >= 0.3 is 0 Å². The molecule has 172 valence electrons. The molecule has 1 fully saturated rings. The summed E-state index contributed by atoms with van der Waals surface area (Å²) < 4.78 is 11.3. The van der Waals surface area contributed by atoms with Crippen LogP contribution in [0.5, 0.6) is 5.88 Å². The number of anilines is 2. The van der Waals surface area contributed by atoms with Crippen LogP contribution in [0.25, 0.3) is 22.3 Å². The molecule has 0 aromatic carbocycles. The lowest BCUT2D eigenvalue weighted by atomic mass is 10.1. The molecule has 0 radical (unpaired) electrons. The molecule has 1 aliphatic carbocycles. The number of nitrogens with zero attached hydrogens (tertiary/aromatic N) is 4. The standard InChI is InChI=1S/C21H26ClN5O5/c1-9-18-10(7-14(23-9)31-4)6-13(32-18)15-19(22)25-21(27(2)3)26-20(15)24-12-5-11(8-28)16(29)17(12)30/h6-7,11-12,16-17,28-30H,5,8H2,1-4H3,(H,24,25,26). The molecule has 0 bridgehead atoms. The summed E-state index contributed by atoms with van der Waals surface area (Å²) in [6.45, 7) is 1.59. The van der Waals surface area contributed by atoms with Crippen LogP contribution < -0.4 is 15.0 Å². The highest BCUT2D eigenvalue weighted by Crippen LogP contribution is 2.40. The summed E-state index contributed by atoms with van der Waals surface area (Å²) in [4.78, 5) is 15.0. The quantitative estimate of drug-likeness (QED) is 0.400. The number of furan rings is 1. The molecule has 4 unspecified atom stereocenters. The van der Waals surface area contributed by atoms with Crippen LogP contribution >= 0.6 is 11.6 Å². The highest BCUT2D eigenvalue weighted by Gasteiger charge is 2.41. The minimum atomic E-state index is -1.08. The molecule has 11 heteroatoms. The second-order valence-corrected chi connectivity index (χ2v) is 8.48. The van der Waals surface area contributed by atoms with Crippen LogP contribution in [0.1, 0.15) is 12.1 Å². The van der Waals surface area contributed by atoms with Gasteiger partial charge in [0.15, 0.2) is 5.58 Å². The number of aryl methyl sites for hydroxylation is 1. The Kier molecular flexibility index (Phi) is 6.13. The predicted octanol–water partition coefficient (Wildman–Crippen LogP) is 1.84. The summed E-state index contributed by atoms with van der Waals surface area (Å²) in [5, 5.41) is 34.3. The van der Waals surface area contributed by atoms with Gasteiger partial charge in [-0.05, 0) is 19.4 Å². The second kappa shape index (κ2) is 8.70. The normalized spacial score (nSPS) is 23.0. The number of pyridine rings is 1. The third kappa shape index (κ3) is 3.95. The van der Waals surface area contributed by atoms with Gasteiger partial charge < -0.3 is 34.7 Å². The van der Waals surface area contributed by atoms with E-state index in [1.807, 2.05) is 6.92 Å². The lowest BCUT2D eigenvalue weighted by Crippen LogP contribution is -2.35. The second-order valence-electron chi connectivity index (χ2n) is 8.12. The molecule has 4 rings (SSSR count). The van der Waals surface area contributed by atoms with Gasteiger partial charge in [0.1, 0.15) is 22.8 Å². The van der Waals surface area contributed by atoms with Crippen molar-refractivity contribution in [3.8, 4) is 17.2 Å². The Morgan fingerprint density at radius 1 is 1.22 bits per heavy atom. The number of halogens is 1. The van der Waals surface area contributed by atoms with Crippen molar-refractivity contribution < 1.29 is 24.5 Å². The van der Waals surface area contributed by atoms with E-state index in [-0.39, 0.29) is 11.8 Å². The van der Waals surface area contributed by atoms with Crippen LogP contribution in [-0.2, 0) is 0 Å². The van der Waals surface area contributed by atoms with Crippen molar-refractivity contribution in [2.75, 3.05) is 38.0 Å². The first-order valence-corrected chi connectivity index (χ1v) is 10.5. The van der Waals surface area contributed by atoms with E-state index in [9.17, 15) is 15.3 Å². The summed E-state index contributed by atoms with van der Waals surface area (Å²) in [5.74, 6) is 1.15. The summed E-state index contributed by atoms with van der Waals surface area (Å²) in [6.07, 6.45) is -1.76. The summed E-state index contributed by atoms with van der Waals surface area (Å²) in [7, 11) is 5.11. The minimum Gasteiger partial charge on any atom is -0.481 e. The van der Waals surface area contributed by atoms with Gasteiger partial charge in [0.25, 0.3) is 0 Å². The monoisotopic (exact) mass is 463 g/mol. The van der Waals surface area contributed by atoms with Gasteiger partial charge in [-0.25, -0.2) is 9.97 Å². The lowest BCUT2D eigenvalue weighted by molar-refractivity contribution is 0.00446. The fraction of sp³-hybridized carbons (Fsp3) is 0.476. The maximum Gasteiger partial charge on any atom is 0.228 e. The molecule has 0 spiro atoms. The van der Waals surface area contributed by atoms with Gasteiger partial charge in [-0.1, -0.05) is 11.6 Å². The number of aromatic nitrogens is 3. The Morgan fingerprint density at radius 3 is 2.59 bits per heavy atom. The van der Waals surface area contributed by atoms with E-state index < -0.39 is 24.2 Å². The van der Waals surface area contributed by atoms with Crippen molar-refractivity contribution >= 4 is 34.3 Å². The average molecular weight is 464 g/mol. The van der Waals surface area contributed by atoms with Crippen LogP contribution in [0.2, 0.25) is 5.15 Å². The number of nitrogens with one attached hydrogen (secondary N) is 1.